The van der Waals surface area contributed by atoms with Gasteiger partial charge in [-0.05, 0) is 43.8 Å². The first-order valence-electron chi connectivity index (χ1n) is 9.44. The fraction of sp³-hybridized carbons (Fsp3) is 0.381. The van der Waals surface area contributed by atoms with Gasteiger partial charge < -0.3 is 13.9 Å². The zero-order chi connectivity index (χ0) is 18.6. The highest BCUT2D eigenvalue weighted by Crippen LogP contribution is 2.31. The van der Waals surface area contributed by atoms with Crippen molar-refractivity contribution in [3.8, 4) is 11.5 Å². The fourth-order valence-corrected chi connectivity index (χ4v) is 3.50. The highest BCUT2D eigenvalue weighted by molar-refractivity contribution is 5.72. The monoisotopic (exact) mass is 368 g/mol. The summed E-state index contributed by atoms with van der Waals surface area (Å²) in [6.45, 7) is 5.92. The third kappa shape index (κ3) is 3.85. The summed E-state index contributed by atoms with van der Waals surface area (Å²) in [6.07, 6.45) is 0.874. The minimum atomic E-state index is -0.292. The topological polar surface area (TPSA) is 56.8 Å². The van der Waals surface area contributed by atoms with Crippen LogP contribution in [0, 0.1) is 0 Å². The molecule has 2 heterocycles. The van der Waals surface area contributed by atoms with Crippen molar-refractivity contribution in [3.05, 3.63) is 59.1 Å². The van der Waals surface area contributed by atoms with Crippen molar-refractivity contribution >= 4 is 11.1 Å². The molecule has 0 fully saturated rings. The average molecular weight is 368 g/mol. The number of para-hydroxylation sites is 4. The maximum atomic E-state index is 12.1. The van der Waals surface area contributed by atoms with Crippen LogP contribution >= 0.6 is 0 Å². The summed E-state index contributed by atoms with van der Waals surface area (Å²) in [5, 5.41) is 0. The second-order valence-corrected chi connectivity index (χ2v) is 6.73. The van der Waals surface area contributed by atoms with Crippen molar-refractivity contribution in [3.63, 3.8) is 0 Å². The number of benzene rings is 2. The van der Waals surface area contributed by atoms with E-state index in [4.69, 9.17) is 13.9 Å². The lowest BCUT2D eigenvalue weighted by atomic mass is 10.2. The van der Waals surface area contributed by atoms with E-state index in [0.717, 1.165) is 43.1 Å². The van der Waals surface area contributed by atoms with Crippen LogP contribution < -0.4 is 15.2 Å². The Morgan fingerprint density at radius 3 is 2.74 bits per heavy atom. The number of oxazole rings is 1. The number of likely N-dealkylation sites (N-methyl/N-ethyl adjacent to an activating group) is 1. The highest BCUT2D eigenvalue weighted by Gasteiger charge is 2.22. The van der Waals surface area contributed by atoms with Gasteiger partial charge in [0.05, 0.1) is 5.52 Å². The standard InChI is InChI=1S/C21H24N2O4/c1-2-22(14-16-15-25-19-10-5-6-11-20(19)26-16)12-7-13-23-17-8-3-4-9-18(17)27-21(23)24/h3-6,8-11,16H,2,7,12-15H2,1H3. The van der Waals surface area contributed by atoms with Gasteiger partial charge in [0.2, 0.25) is 0 Å². The number of hydrogen-bond donors (Lipinski definition) is 0. The van der Waals surface area contributed by atoms with Crippen LogP contribution in [0.4, 0.5) is 0 Å². The normalized spacial score (nSPS) is 16.1. The molecule has 0 saturated carbocycles. The van der Waals surface area contributed by atoms with E-state index in [2.05, 4.69) is 11.8 Å². The second kappa shape index (κ2) is 7.88. The molecule has 1 unspecified atom stereocenters. The Labute approximate surface area is 157 Å². The Kier molecular flexibility index (Phi) is 5.16. The lowest BCUT2D eigenvalue weighted by molar-refractivity contribution is 0.0594. The second-order valence-electron chi connectivity index (χ2n) is 6.73. The van der Waals surface area contributed by atoms with Crippen LogP contribution in [-0.2, 0) is 6.54 Å². The Hall–Kier alpha value is -2.73. The van der Waals surface area contributed by atoms with E-state index in [-0.39, 0.29) is 11.9 Å². The molecule has 6 heteroatoms. The van der Waals surface area contributed by atoms with Gasteiger partial charge in [0.1, 0.15) is 12.7 Å². The Morgan fingerprint density at radius 1 is 1.11 bits per heavy atom. The number of nitrogens with zero attached hydrogens (tertiary/aromatic N) is 2. The Morgan fingerprint density at radius 2 is 1.89 bits per heavy atom. The first-order valence-corrected chi connectivity index (χ1v) is 9.44. The summed E-state index contributed by atoms with van der Waals surface area (Å²) < 4.78 is 18.9. The van der Waals surface area contributed by atoms with E-state index >= 15 is 0 Å². The van der Waals surface area contributed by atoms with Gasteiger partial charge in [0.25, 0.3) is 0 Å². The number of hydrogen-bond acceptors (Lipinski definition) is 5. The number of aromatic nitrogens is 1. The largest absolute Gasteiger partial charge is 0.486 e. The lowest BCUT2D eigenvalue weighted by Crippen LogP contribution is -2.41. The molecule has 3 aromatic rings. The molecule has 0 bridgehead atoms. The number of aryl methyl sites for hydroxylation is 1. The first-order chi connectivity index (χ1) is 13.2. The van der Waals surface area contributed by atoms with Gasteiger partial charge in [-0.15, -0.1) is 0 Å². The molecular weight excluding hydrogens is 344 g/mol. The summed E-state index contributed by atoms with van der Waals surface area (Å²) >= 11 is 0. The number of rotatable bonds is 7. The molecule has 0 aliphatic carbocycles. The van der Waals surface area contributed by atoms with Gasteiger partial charge in [-0.2, -0.15) is 0 Å². The van der Waals surface area contributed by atoms with Gasteiger partial charge in [0, 0.05) is 13.1 Å². The maximum Gasteiger partial charge on any atom is 0.419 e. The highest BCUT2D eigenvalue weighted by atomic mass is 16.6. The Bertz CT molecular complexity index is 962. The summed E-state index contributed by atoms with van der Waals surface area (Å²) in [6, 6.07) is 15.3. The molecule has 4 rings (SSSR count). The molecular formula is C21H24N2O4. The molecule has 0 N–H and O–H groups in total. The molecule has 0 spiro atoms. The molecule has 1 aliphatic rings. The van der Waals surface area contributed by atoms with E-state index in [9.17, 15) is 4.79 Å². The van der Waals surface area contributed by atoms with Gasteiger partial charge in [-0.1, -0.05) is 31.2 Å². The minimum absolute atomic E-state index is 0.0114. The van der Waals surface area contributed by atoms with Crippen LogP contribution in [0.25, 0.3) is 11.1 Å². The van der Waals surface area contributed by atoms with Crippen molar-refractivity contribution in [1.82, 2.24) is 9.47 Å². The summed E-state index contributed by atoms with van der Waals surface area (Å²) in [5.74, 6) is 1.32. The predicted octanol–water partition coefficient (Wildman–Crippen LogP) is 3.15. The molecule has 27 heavy (non-hydrogen) atoms. The summed E-state index contributed by atoms with van der Waals surface area (Å²) in [5.41, 5.74) is 1.49. The molecule has 0 saturated heterocycles. The lowest BCUT2D eigenvalue weighted by Gasteiger charge is -2.30. The molecule has 6 nitrogen and oxygen atoms in total. The maximum absolute atomic E-state index is 12.1. The van der Waals surface area contributed by atoms with Crippen molar-refractivity contribution in [1.29, 1.82) is 0 Å². The van der Waals surface area contributed by atoms with Crippen LogP contribution in [0.2, 0.25) is 0 Å². The molecule has 0 radical (unpaired) electrons. The van der Waals surface area contributed by atoms with Crippen LogP contribution in [0.3, 0.4) is 0 Å². The molecule has 0 amide bonds. The number of fused-ring (bicyclic) bond motifs is 2. The summed E-state index contributed by atoms with van der Waals surface area (Å²) in [7, 11) is 0. The van der Waals surface area contributed by atoms with Crippen molar-refractivity contribution in [2.45, 2.75) is 26.0 Å². The van der Waals surface area contributed by atoms with E-state index in [1.165, 1.54) is 0 Å². The van der Waals surface area contributed by atoms with Crippen molar-refractivity contribution < 1.29 is 13.9 Å². The van der Waals surface area contributed by atoms with Crippen LogP contribution in [0.1, 0.15) is 13.3 Å². The predicted molar refractivity (Wildman–Crippen MR) is 104 cm³/mol. The quantitative estimate of drug-likeness (QED) is 0.641. The van der Waals surface area contributed by atoms with Gasteiger partial charge in [0.15, 0.2) is 17.1 Å². The zero-order valence-electron chi connectivity index (χ0n) is 15.5. The SMILES string of the molecule is CCN(CCCn1c(=O)oc2ccccc21)CC1COc2ccccc2O1. The van der Waals surface area contributed by atoms with Crippen LogP contribution in [0.15, 0.2) is 57.7 Å². The third-order valence-electron chi connectivity index (χ3n) is 4.91. The molecule has 1 atom stereocenters. The van der Waals surface area contributed by atoms with Gasteiger partial charge in [-0.3, -0.25) is 9.47 Å². The van der Waals surface area contributed by atoms with Crippen LogP contribution in [0.5, 0.6) is 11.5 Å². The van der Waals surface area contributed by atoms with E-state index in [1.54, 1.807) is 4.57 Å². The van der Waals surface area contributed by atoms with Crippen LogP contribution in [-0.4, -0.2) is 41.8 Å². The molecule has 1 aromatic heterocycles. The smallest absolute Gasteiger partial charge is 0.419 e. The van der Waals surface area contributed by atoms with E-state index < -0.39 is 0 Å². The molecule has 1 aliphatic heterocycles. The van der Waals surface area contributed by atoms with Crippen molar-refractivity contribution in [2.24, 2.45) is 0 Å². The summed E-state index contributed by atoms with van der Waals surface area (Å²) in [4.78, 5) is 14.4. The molecule has 2 aromatic carbocycles. The van der Waals surface area contributed by atoms with E-state index in [0.29, 0.717) is 18.7 Å². The first kappa shape index (κ1) is 17.7. The minimum Gasteiger partial charge on any atom is -0.486 e. The van der Waals surface area contributed by atoms with Gasteiger partial charge in [-0.25, -0.2) is 4.79 Å². The third-order valence-corrected chi connectivity index (χ3v) is 4.91. The Balaban J connectivity index is 1.33. The molecule has 142 valence electrons. The fourth-order valence-electron chi connectivity index (χ4n) is 3.50. The zero-order valence-corrected chi connectivity index (χ0v) is 15.5. The average Bonchev–Trinajstić information content (AvgIpc) is 3.02. The number of ether oxygens (including phenoxy) is 2. The van der Waals surface area contributed by atoms with Gasteiger partial charge >= 0.3 is 5.76 Å². The van der Waals surface area contributed by atoms with E-state index in [1.807, 2.05) is 48.5 Å². The van der Waals surface area contributed by atoms with Crippen molar-refractivity contribution in [2.75, 3.05) is 26.2 Å².